The van der Waals surface area contributed by atoms with Crippen LogP contribution in [0.2, 0.25) is 0 Å². The number of esters is 1. The maximum atomic E-state index is 12.8. The smallest absolute Gasteiger partial charge is 0.310 e. The molecule has 0 aliphatic heterocycles. The van der Waals surface area contributed by atoms with Gasteiger partial charge < -0.3 is 9.47 Å². The van der Waals surface area contributed by atoms with Crippen LogP contribution in [0.3, 0.4) is 0 Å². The van der Waals surface area contributed by atoms with Gasteiger partial charge in [0.1, 0.15) is 10.6 Å². The molecule has 0 aliphatic carbocycles. The maximum Gasteiger partial charge on any atom is 0.310 e. The molecule has 0 unspecified atom stereocenters. The highest BCUT2D eigenvalue weighted by Gasteiger charge is 2.21. The normalized spacial score (nSPS) is 11.3. The highest BCUT2D eigenvalue weighted by Crippen LogP contribution is 2.29. The molecule has 7 heteroatoms. The molecule has 2 aromatic carbocycles. The number of hydrogen-bond acceptors (Lipinski definition) is 5. The summed E-state index contributed by atoms with van der Waals surface area (Å²) in [6, 6.07) is 11.8. The van der Waals surface area contributed by atoms with Gasteiger partial charge in [-0.2, -0.15) is 0 Å². The Morgan fingerprint density at radius 2 is 1.78 bits per heavy atom. The first-order valence-electron chi connectivity index (χ1n) is 8.72. The first-order valence-corrected chi connectivity index (χ1v) is 10.2. The van der Waals surface area contributed by atoms with E-state index in [1.807, 2.05) is 19.9 Å². The number of carbonyl (C=O) groups is 1. The zero-order chi connectivity index (χ0) is 20.0. The number of hydrogen-bond donors (Lipinski definition) is 1. The minimum absolute atomic E-state index is 0.0896. The van der Waals surface area contributed by atoms with E-state index in [0.29, 0.717) is 12.3 Å². The Labute approximate surface area is 160 Å². The fourth-order valence-corrected chi connectivity index (χ4v) is 3.81. The van der Waals surface area contributed by atoms with Crippen molar-refractivity contribution in [2.75, 3.05) is 18.4 Å². The van der Waals surface area contributed by atoms with E-state index in [2.05, 4.69) is 4.72 Å². The van der Waals surface area contributed by atoms with Gasteiger partial charge in [-0.3, -0.25) is 9.52 Å². The second-order valence-corrected chi connectivity index (χ2v) is 8.00. The minimum atomic E-state index is -3.82. The summed E-state index contributed by atoms with van der Waals surface area (Å²) in [7, 11) is -2.39. The molecule has 2 aromatic rings. The Kier molecular flexibility index (Phi) is 6.85. The molecule has 6 nitrogen and oxygen atoms in total. The summed E-state index contributed by atoms with van der Waals surface area (Å²) in [6.45, 7) is 6.06. The molecule has 0 bridgehead atoms. The lowest BCUT2D eigenvalue weighted by Crippen LogP contribution is -2.15. The van der Waals surface area contributed by atoms with E-state index in [1.54, 1.807) is 43.3 Å². The summed E-state index contributed by atoms with van der Waals surface area (Å²) < 4.78 is 38.4. The van der Waals surface area contributed by atoms with Gasteiger partial charge in [0.2, 0.25) is 0 Å². The van der Waals surface area contributed by atoms with Crippen molar-refractivity contribution in [2.24, 2.45) is 0 Å². The number of anilines is 1. The SMILES string of the molecule is CCOC(=O)Cc1ccc(NS(=O)(=O)c2cc(C(C)C)ccc2OC)cc1. The van der Waals surface area contributed by atoms with E-state index in [1.165, 1.54) is 7.11 Å². The quantitative estimate of drug-likeness (QED) is 0.694. The van der Waals surface area contributed by atoms with Crippen LogP contribution in [0.15, 0.2) is 47.4 Å². The Bertz CT molecular complexity index is 889. The molecule has 0 aromatic heterocycles. The molecule has 146 valence electrons. The van der Waals surface area contributed by atoms with Gasteiger partial charge in [0.05, 0.1) is 20.1 Å². The van der Waals surface area contributed by atoms with E-state index in [0.717, 1.165) is 11.1 Å². The molecule has 0 spiro atoms. The standard InChI is InChI=1S/C20H25NO5S/c1-5-26-20(22)12-15-6-9-17(10-7-15)21-27(23,24)19-13-16(14(2)3)8-11-18(19)25-4/h6-11,13-14,21H,5,12H2,1-4H3. The van der Waals surface area contributed by atoms with Gasteiger partial charge in [-0.25, -0.2) is 8.42 Å². The number of ether oxygens (including phenoxy) is 2. The Balaban J connectivity index is 2.23. The predicted octanol–water partition coefficient (Wildman–Crippen LogP) is 3.73. The first kappa shape index (κ1) is 20.8. The Hall–Kier alpha value is -2.54. The van der Waals surface area contributed by atoms with Crippen molar-refractivity contribution < 1.29 is 22.7 Å². The molecule has 0 amide bonds. The first-order chi connectivity index (χ1) is 12.8. The van der Waals surface area contributed by atoms with Crippen molar-refractivity contribution in [3.63, 3.8) is 0 Å². The summed E-state index contributed by atoms with van der Waals surface area (Å²) in [4.78, 5) is 11.6. The van der Waals surface area contributed by atoms with E-state index in [-0.39, 0.29) is 29.0 Å². The van der Waals surface area contributed by atoms with Gasteiger partial charge in [-0.05, 0) is 48.2 Å². The highest BCUT2D eigenvalue weighted by atomic mass is 32.2. The van der Waals surface area contributed by atoms with Crippen LogP contribution in [0.1, 0.15) is 37.8 Å². The maximum absolute atomic E-state index is 12.8. The third kappa shape index (κ3) is 5.47. The third-order valence-corrected chi connectivity index (χ3v) is 5.41. The van der Waals surface area contributed by atoms with Crippen LogP contribution in [0, 0.1) is 0 Å². The van der Waals surface area contributed by atoms with Gasteiger partial charge in [-0.1, -0.05) is 32.0 Å². The summed E-state index contributed by atoms with van der Waals surface area (Å²) in [5.41, 5.74) is 2.05. The number of methoxy groups -OCH3 is 1. The van der Waals surface area contributed by atoms with Gasteiger partial charge in [-0.15, -0.1) is 0 Å². The molecule has 0 fully saturated rings. The molecule has 0 saturated heterocycles. The van der Waals surface area contributed by atoms with Crippen molar-refractivity contribution in [3.05, 3.63) is 53.6 Å². The van der Waals surface area contributed by atoms with Gasteiger partial charge in [0, 0.05) is 5.69 Å². The van der Waals surface area contributed by atoms with Crippen molar-refractivity contribution >= 4 is 21.7 Å². The van der Waals surface area contributed by atoms with Crippen LogP contribution in [-0.2, 0) is 26.0 Å². The lowest BCUT2D eigenvalue weighted by Gasteiger charge is -2.14. The molecule has 0 atom stereocenters. The second kappa shape index (κ2) is 8.90. The monoisotopic (exact) mass is 391 g/mol. The fourth-order valence-electron chi connectivity index (χ4n) is 2.54. The Morgan fingerprint density at radius 1 is 1.11 bits per heavy atom. The van der Waals surface area contributed by atoms with Crippen LogP contribution in [0.5, 0.6) is 5.75 Å². The zero-order valence-corrected chi connectivity index (χ0v) is 16.8. The molecule has 0 aliphatic rings. The van der Waals surface area contributed by atoms with Crippen LogP contribution in [-0.4, -0.2) is 28.1 Å². The van der Waals surface area contributed by atoms with Gasteiger partial charge in [0.15, 0.2) is 0 Å². The van der Waals surface area contributed by atoms with Crippen LogP contribution in [0.25, 0.3) is 0 Å². The van der Waals surface area contributed by atoms with Crippen LogP contribution < -0.4 is 9.46 Å². The molecule has 27 heavy (non-hydrogen) atoms. The molecule has 0 radical (unpaired) electrons. The van der Waals surface area contributed by atoms with E-state index in [4.69, 9.17) is 9.47 Å². The van der Waals surface area contributed by atoms with Crippen molar-refractivity contribution in [1.29, 1.82) is 0 Å². The van der Waals surface area contributed by atoms with Crippen molar-refractivity contribution in [3.8, 4) is 5.75 Å². The van der Waals surface area contributed by atoms with E-state index >= 15 is 0 Å². The molecule has 1 N–H and O–H groups in total. The fraction of sp³-hybridized carbons (Fsp3) is 0.350. The largest absolute Gasteiger partial charge is 0.495 e. The molecule has 0 saturated carbocycles. The van der Waals surface area contributed by atoms with Crippen LogP contribution >= 0.6 is 0 Å². The summed E-state index contributed by atoms with van der Waals surface area (Å²) >= 11 is 0. The van der Waals surface area contributed by atoms with E-state index in [9.17, 15) is 13.2 Å². The Morgan fingerprint density at radius 3 is 2.33 bits per heavy atom. The average Bonchev–Trinajstić information content (AvgIpc) is 2.62. The highest BCUT2D eigenvalue weighted by molar-refractivity contribution is 7.92. The number of sulfonamides is 1. The van der Waals surface area contributed by atoms with E-state index < -0.39 is 10.0 Å². The summed E-state index contributed by atoms with van der Waals surface area (Å²) in [6.07, 6.45) is 0.144. The molecular weight excluding hydrogens is 366 g/mol. The topological polar surface area (TPSA) is 81.7 Å². The lowest BCUT2D eigenvalue weighted by molar-refractivity contribution is -0.142. The van der Waals surface area contributed by atoms with Crippen LogP contribution in [0.4, 0.5) is 5.69 Å². The average molecular weight is 391 g/mol. The third-order valence-electron chi connectivity index (χ3n) is 4.00. The number of carbonyl (C=O) groups excluding carboxylic acids is 1. The van der Waals surface area contributed by atoms with Crippen molar-refractivity contribution in [2.45, 2.75) is 38.0 Å². The lowest BCUT2D eigenvalue weighted by atomic mass is 10.0. The molecular formula is C20H25NO5S. The molecule has 2 rings (SSSR count). The van der Waals surface area contributed by atoms with Gasteiger partial charge in [0.25, 0.3) is 10.0 Å². The number of benzene rings is 2. The zero-order valence-electron chi connectivity index (χ0n) is 16.0. The molecule has 0 heterocycles. The number of nitrogens with one attached hydrogen (secondary N) is 1. The van der Waals surface area contributed by atoms with Crippen molar-refractivity contribution in [1.82, 2.24) is 0 Å². The second-order valence-electron chi connectivity index (χ2n) is 6.35. The summed E-state index contributed by atoms with van der Waals surface area (Å²) in [5.74, 6) is 0.152. The minimum Gasteiger partial charge on any atom is -0.495 e. The predicted molar refractivity (Wildman–Crippen MR) is 105 cm³/mol. The number of rotatable bonds is 8. The summed E-state index contributed by atoms with van der Waals surface area (Å²) in [5, 5.41) is 0. The van der Waals surface area contributed by atoms with Gasteiger partial charge >= 0.3 is 5.97 Å².